The standard InChI is InChI=1S/C11H13NO2/c1-2-4-9-8(3-1)7-10(12-9)11-13-5-6-14-11/h1-4,10-12H,5-7H2. The molecule has 1 aromatic carbocycles. The second-order valence-electron chi connectivity index (χ2n) is 3.72. The summed E-state index contributed by atoms with van der Waals surface area (Å²) in [5.41, 5.74) is 2.58. The van der Waals surface area contributed by atoms with Crippen molar-refractivity contribution >= 4 is 5.69 Å². The third kappa shape index (κ3) is 1.29. The van der Waals surface area contributed by atoms with Crippen molar-refractivity contribution in [3.8, 4) is 0 Å². The molecule has 3 rings (SSSR count). The van der Waals surface area contributed by atoms with Crippen molar-refractivity contribution in [3.63, 3.8) is 0 Å². The highest BCUT2D eigenvalue weighted by Crippen LogP contribution is 2.28. The Bertz CT molecular complexity index is 309. The van der Waals surface area contributed by atoms with Crippen molar-refractivity contribution in [2.75, 3.05) is 18.5 Å². The summed E-state index contributed by atoms with van der Waals surface area (Å²) < 4.78 is 11.0. The second-order valence-corrected chi connectivity index (χ2v) is 3.72. The molecule has 1 fully saturated rings. The molecule has 3 heteroatoms. The van der Waals surface area contributed by atoms with Gasteiger partial charge in [0.05, 0.1) is 19.3 Å². The third-order valence-electron chi connectivity index (χ3n) is 2.77. The average Bonchev–Trinajstić information content (AvgIpc) is 2.86. The summed E-state index contributed by atoms with van der Waals surface area (Å²) in [7, 11) is 0. The smallest absolute Gasteiger partial charge is 0.178 e. The number of benzene rings is 1. The Morgan fingerprint density at radius 1 is 1.14 bits per heavy atom. The Labute approximate surface area is 83.0 Å². The summed E-state index contributed by atoms with van der Waals surface area (Å²) in [6, 6.07) is 8.65. The lowest BCUT2D eigenvalue weighted by molar-refractivity contribution is -0.0526. The normalized spacial score (nSPS) is 26.1. The van der Waals surface area contributed by atoms with Crippen LogP contribution < -0.4 is 5.32 Å². The molecular formula is C11H13NO2. The minimum atomic E-state index is -0.0672. The molecule has 0 radical (unpaired) electrons. The van der Waals surface area contributed by atoms with E-state index in [1.165, 1.54) is 11.3 Å². The van der Waals surface area contributed by atoms with Crippen LogP contribution in [0.4, 0.5) is 5.69 Å². The summed E-state index contributed by atoms with van der Waals surface area (Å²) in [5, 5.41) is 3.43. The molecule has 2 heterocycles. The van der Waals surface area contributed by atoms with Gasteiger partial charge in [0.2, 0.25) is 0 Å². The highest BCUT2D eigenvalue weighted by Gasteiger charge is 2.31. The molecule has 2 aliphatic rings. The van der Waals surface area contributed by atoms with Crippen LogP contribution in [0.5, 0.6) is 0 Å². The van der Waals surface area contributed by atoms with Gasteiger partial charge in [0.1, 0.15) is 0 Å². The first-order valence-electron chi connectivity index (χ1n) is 5.01. The Morgan fingerprint density at radius 3 is 2.71 bits per heavy atom. The van der Waals surface area contributed by atoms with Gasteiger partial charge in [-0.05, 0) is 18.1 Å². The number of hydrogen-bond donors (Lipinski definition) is 1. The maximum atomic E-state index is 5.48. The highest BCUT2D eigenvalue weighted by molar-refractivity contribution is 5.56. The average molecular weight is 191 g/mol. The lowest BCUT2D eigenvalue weighted by Crippen LogP contribution is -2.32. The Kier molecular flexibility index (Phi) is 1.92. The summed E-state index contributed by atoms with van der Waals surface area (Å²) in [5.74, 6) is 0. The molecule has 0 aromatic heterocycles. The number of ether oxygens (including phenoxy) is 2. The molecule has 14 heavy (non-hydrogen) atoms. The molecule has 1 unspecified atom stereocenters. The number of anilines is 1. The summed E-state index contributed by atoms with van der Waals surface area (Å²) in [6.45, 7) is 1.44. The first-order valence-corrected chi connectivity index (χ1v) is 5.01. The van der Waals surface area contributed by atoms with Crippen LogP contribution in [0.25, 0.3) is 0 Å². The molecule has 74 valence electrons. The molecule has 2 aliphatic heterocycles. The van der Waals surface area contributed by atoms with Crippen LogP contribution in [-0.4, -0.2) is 25.5 Å². The quantitative estimate of drug-likeness (QED) is 0.727. The predicted octanol–water partition coefficient (Wildman–Crippen LogP) is 1.40. The van der Waals surface area contributed by atoms with Crippen molar-refractivity contribution in [2.24, 2.45) is 0 Å². The van der Waals surface area contributed by atoms with Crippen LogP contribution in [0, 0.1) is 0 Å². The summed E-state index contributed by atoms with van der Waals surface area (Å²) >= 11 is 0. The lowest BCUT2D eigenvalue weighted by Gasteiger charge is -2.17. The van der Waals surface area contributed by atoms with E-state index < -0.39 is 0 Å². The van der Waals surface area contributed by atoms with E-state index in [1.54, 1.807) is 0 Å². The number of para-hydroxylation sites is 1. The van der Waals surface area contributed by atoms with Crippen LogP contribution in [0.2, 0.25) is 0 Å². The molecule has 0 spiro atoms. The van der Waals surface area contributed by atoms with Gasteiger partial charge in [0.15, 0.2) is 6.29 Å². The highest BCUT2D eigenvalue weighted by atomic mass is 16.7. The predicted molar refractivity (Wildman–Crippen MR) is 53.2 cm³/mol. The molecule has 1 saturated heterocycles. The first-order chi connectivity index (χ1) is 6.93. The molecule has 1 atom stereocenters. The van der Waals surface area contributed by atoms with Gasteiger partial charge in [-0.25, -0.2) is 0 Å². The molecule has 0 bridgehead atoms. The van der Waals surface area contributed by atoms with Gasteiger partial charge in [-0.2, -0.15) is 0 Å². The SMILES string of the molecule is c1ccc2c(c1)CC(C1OCCO1)N2. The largest absolute Gasteiger partial charge is 0.377 e. The van der Waals surface area contributed by atoms with Gasteiger partial charge in [-0.3, -0.25) is 0 Å². The molecule has 3 nitrogen and oxygen atoms in total. The van der Waals surface area contributed by atoms with Crippen LogP contribution in [-0.2, 0) is 15.9 Å². The summed E-state index contributed by atoms with van der Waals surface area (Å²) in [4.78, 5) is 0. The van der Waals surface area contributed by atoms with E-state index in [9.17, 15) is 0 Å². The molecular weight excluding hydrogens is 178 g/mol. The molecule has 1 aromatic rings. The van der Waals surface area contributed by atoms with Gasteiger partial charge in [0, 0.05) is 5.69 Å². The van der Waals surface area contributed by atoms with Crippen LogP contribution >= 0.6 is 0 Å². The fourth-order valence-corrected chi connectivity index (χ4v) is 2.10. The van der Waals surface area contributed by atoms with E-state index in [-0.39, 0.29) is 12.3 Å². The van der Waals surface area contributed by atoms with Crippen LogP contribution in [0.15, 0.2) is 24.3 Å². The number of hydrogen-bond acceptors (Lipinski definition) is 3. The van der Waals surface area contributed by atoms with Crippen molar-refractivity contribution in [1.82, 2.24) is 0 Å². The van der Waals surface area contributed by atoms with Crippen molar-refractivity contribution < 1.29 is 9.47 Å². The topological polar surface area (TPSA) is 30.5 Å². The van der Waals surface area contributed by atoms with E-state index in [4.69, 9.17) is 9.47 Å². The van der Waals surface area contributed by atoms with Crippen LogP contribution in [0.1, 0.15) is 5.56 Å². The van der Waals surface area contributed by atoms with Gasteiger partial charge in [-0.15, -0.1) is 0 Å². The lowest BCUT2D eigenvalue weighted by atomic mass is 10.1. The second kappa shape index (κ2) is 3.26. The van der Waals surface area contributed by atoms with Gasteiger partial charge >= 0.3 is 0 Å². The molecule has 1 N–H and O–H groups in total. The molecule has 0 saturated carbocycles. The minimum absolute atomic E-state index is 0.0672. The molecule has 0 aliphatic carbocycles. The zero-order valence-electron chi connectivity index (χ0n) is 7.90. The minimum Gasteiger partial charge on any atom is -0.377 e. The number of nitrogens with one attached hydrogen (secondary N) is 1. The Hall–Kier alpha value is -1.06. The Morgan fingerprint density at radius 2 is 1.93 bits per heavy atom. The fourth-order valence-electron chi connectivity index (χ4n) is 2.10. The summed E-state index contributed by atoms with van der Waals surface area (Å²) in [6.07, 6.45) is 0.934. The van der Waals surface area contributed by atoms with E-state index in [0.29, 0.717) is 0 Å². The fraction of sp³-hybridized carbons (Fsp3) is 0.455. The van der Waals surface area contributed by atoms with Gasteiger partial charge in [-0.1, -0.05) is 18.2 Å². The zero-order chi connectivity index (χ0) is 9.38. The maximum Gasteiger partial charge on any atom is 0.178 e. The van der Waals surface area contributed by atoms with Gasteiger partial charge < -0.3 is 14.8 Å². The van der Waals surface area contributed by atoms with E-state index in [1.807, 2.05) is 6.07 Å². The zero-order valence-corrected chi connectivity index (χ0v) is 7.90. The van der Waals surface area contributed by atoms with Crippen LogP contribution in [0.3, 0.4) is 0 Å². The number of rotatable bonds is 1. The van der Waals surface area contributed by atoms with E-state index in [2.05, 4.69) is 23.5 Å². The van der Waals surface area contributed by atoms with Gasteiger partial charge in [0.25, 0.3) is 0 Å². The Balaban J connectivity index is 1.77. The first kappa shape index (κ1) is 8.26. The van der Waals surface area contributed by atoms with Crippen molar-refractivity contribution in [3.05, 3.63) is 29.8 Å². The third-order valence-corrected chi connectivity index (χ3v) is 2.77. The van der Waals surface area contributed by atoms with Crippen molar-refractivity contribution in [2.45, 2.75) is 18.8 Å². The number of fused-ring (bicyclic) bond motifs is 1. The van der Waals surface area contributed by atoms with E-state index in [0.717, 1.165) is 19.6 Å². The van der Waals surface area contributed by atoms with Crippen molar-refractivity contribution in [1.29, 1.82) is 0 Å². The molecule has 0 amide bonds. The van der Waals surface area contributed by atoms with E-state index >= 15 is 0 Å². The maximum absolute atomic E-state index is 5.48. The monoisotopic (exact) mass is 191 g/mol.